The molecular formula is C33H21N3O. The molecule has 0 aliphatic carbocycles. The van der Waals surface area contributed by atoms with Crippen LogP contribution in [0.5, 0.6) is 0 Å². The van der Waals surface area contributed by atoms with Crippen LogP contribution in [0.2, 0.25) is 0 Å². The van der Waals surface area contributed by atoms with Gasteiger partial charge in [0.1, 0.15) is 11.2 Å². The summed E-state index contributed by atoms with van der Waals surface area (Å²) >= 11 is 0. The first kappa shape index (κ1) is 16.6. The predicted molar refractivity (Wildman–Crippen MR) is 149 cm³/mol. The average molecular weight is 481 g/mol. The van der Waals surface area contributed by atoms with Crippen LogP contribution in [-0.4, -0.2) is 15.0 Å². The largest absolute Gasteiger partial charge is 0.456 e. The molecule has 0 N–H and O–H groups in total. The molecule has 7 aromatic rings. The number of furan rings is 1. The summed E-state index contributed by atoms with van der Waals surface area (Å²) in [6.45, 7) is 0. The Labute approximate surface area is 221 Å². The molecule has 0 aliphatic heterocycles. The van der Waals surface area contributed by atoms with Crippen LogP contribution < -0.4 is 0 Å². The first-order valence-corrected chi connectivity index (χ1v) is 11.8. The summed E-state index contributed by atoms with van der Waals surface area (Å²) in [6.07, 6.45) is 0. The number of nitrogens with zero attached hydrogens (tertiary/aromatic N) is 3. The van der Waals surface area contributed by atoms with Gasteiger partial charge >= 0.3 is 0 Å². The molecule has 7 rings (SSSR count). The van der Waals surface area contributed by atoms with Gasteiger partial charge in [-0.05, 0) is 23.3 Å². The molecule has 0 saturated carbocycles. The molecule has 37 heavy (non-hydrogen) atoms. The van der Waals surface area contributed by atoms with Crippen LogP contribution in [0.4, 0.5) is 0 Å². The summed E-state index contributed by atoms with van der Waals surface area (Å²) < 4.78 is 48.1. The van der Waals surface area contributed by atoms with E-state index in [4.69, 9.17) is 26.2 Å². The minimum absolute atomic E-state index is 0.106. The molecule has 0 unspecified atom stereocenters. The van der Waals surface area contributed by atoms with Gasteiger partial charge in [-0.3, -0.25) is 0 Å². The summed E-state index contributed by atoms with van der Waals surface area (Å²) in [5.74, 6) is 1.44. The van der Waals surface area contributed by atoms with Crippen molar-refractivity contribution < 1.29 is 11.3 Å². The van der Waals surface area contributed by atoms with Gasteiger partial charge in [0.2, 0.25) is 0 Å². The van der Waals surface area contributed by atoms with Crippen LogP contribution >= 0.6 is 0 Å². The highest BCUT2D eigenvalue weighted by molar-refractivity contribution is 6.17. The highest BCUT2D eigenvalue weighted by atomic mass is 16.3. The second kappa shape index (κ2) is 8.85. The monoisotopic (exact) mass is 480 g/mol. The summed E-state index contributed by atoms with van der Waals surface area (Å²) in [7, 11) is 0. The number of rotatable bonds is 4. The van der Waals surface area contributed by atoms with E-state index in [9.17, 15) is 0 Å². The molecule has 0 bridgehead atoms. The van der Waals surface area contributed by atoms with Crippen molar-refractivity contribution >= 4 is 21.9 Å². The van der Waals surface area contributed by atoms with Gasteiger partial charge in [0.15, 0.2) is 17.5 Å². The molecule has 2 heterocycles. The first-order chi connectivity index (χ1) is 20.4. The molecular weight excluding hydrogens is 454 g/mol. The van der Waals surface area contributed by atoms with Crippen molar-refractivity contribution in [1.82, 2.24) is 15.0 Å². The van der Waals surface area contributed by atoms with Crippen LogP contribution in [-0.2, 0) is 0 Å². The normalized spacial score (nSPS) is 13.1. The Morgan fingerprint density at radius 2 is 0.973 bits per heavy atom. The van der Waals surface area contributed by atoms with E-state index in [1.54, 1.807) is 18.2 Å². The van der Waals surface area contributed by atoms with Crippen molar-refractivity contribution in [1.29, 1.82) is 0 Å². The van der Waals surface area contributed by atoms with E-state index in [-0.39, 0.29) is 17.6 Å². The molecule has 0 amide bonds. The van der Waals surface area contributed by atoms with E-state index in [1.807, 2.05) is 78.9 Å². The van der Waals surface area contributed by atoms with Crippen molar-refractivity contribution in [2.24, 2.45) is 0 Å². The quantitative estimate of drug-likeness (QED) is 0.254. The Bertz CT molecular complexity index is 2060. The van der Waals surface area contributed by atoms with Crippen LogP contribution in [0.25, 0.3) is 67.2 Å². The summed E-state index contributed by atoms with van der Waals surface area (Å²) in [5, 5.41) is 1.30. The zero-order valence-electron chi connectivity index (χ0n) is 24.5. The first-order valence-electron chi connectivity index (χ1n) is 14.3. The maximum absolute atomic E-state index is 8.64. The summed E-state index contributed by atoms with van der Waals surface area (Å²) in [6, 6.07) is 28.5. The number of aromatic nitrogens is 3. The molecule has 4 nitrogen and oxygen atoms in total. The molecule has 2 aromatic heterocycles. The van der Waals surface area contributed by atoms with Crippen LogP contribution in [0.1, 0.15) is 6.85 Å². The third-order valence-electron chi connectivity index (χ3n) is 6.23. The minimum Gasteiger partial charge on any atom is -0.456 e. The third kappa shape index (κ3) is 3.76. The van der Waals surface area contributed by atoms with Crippen molar-refractivity contribution in [3.63, 3.8) is 0 Å². The lowest BCUT2D eigenvalue weighted by Gasteiger charge is -2.10. The Kier molecular flexibility index (Phi) is 3.96. The van der Waals surface area contributed by atoms with Gasteiger partial charge in [-0.15, -0.1) is 0 Å². The van der Waals surface area contributed by atoms with Gasteiger partial charge in [-0.25, -0.2) is 15.0 Å². The molecule has 0 radical (unpaired) electrons. The fraction of sp³-hybridized carbons (Fsp3) is 0. The number of hydrogen-bond donors (Lipinski definition) is 0. The van der Waals surface area contributed by atoms with Gasteiger partial charge < -0.3 is 4.42 Å². The van der Waals surface area contributed by atoms with Gasteiger partial charge in [0.05, 0.1) is 6.85 Å². The van der Waals surface area contributed by atoms with Gasteiger partial charge in [0.25, 0.3) is 0 Å². The molecule has 0 atom stereocenters. The molecule has 174 valence electrons. The van der Waals surface area contributed by atoms with Crippen molar-refractivity contribution in [2.75, 3.05) is 0 Å². The smallest absolute Gasteiger partial charge is 0.164 e. The maximum Gasteiger partial charge on any atom is 0.164 e. The van der Waals surface area contributed by atoms with Gasteiger partial charge in [-0.2, -0.15) is 0 Å². The molecule has 5 aromatic carbocycles. The second-order valence-electron chi connectivity index (χ2n) is 8.50. The Hall–Kier alpha value is -5.09. The molecule has 0 saturated heterocycles. The van der Waals surface area contributed by atoms with Crippen molar-refractivity contribution in [3.05, 3.63) is 127 Å². The van der Waals surface area contributed by atoms with Gasteiger partial charge in [-0.1, -0.05) is 115 Å². The number of benzene rings is 5. The lowest BCUT2D eigenvalue weighted by atomic mass is 9.97. The van der Waals surface area contributed by atoms with E-state index < -0.39 is 18.1 Å². The maximum atomic E-state index is 8.64. The third-order valence-corrected chi connectivity index (χ3v) is 6.23. The second-order valence-corrected chi connectivity index (χ2v) is 8.50. The Morgan fingerprint density at radius 3 is 1.57 bits per heavy atom. The van der Waals surface area contributed by atoms with Crippen molar-refractivity contribution in [3.8, 4) is 45.3 Å². The lowest BCUT2D eigenvalue weighted by molar-refractivity contribution is 0.669. The molecule has 4 heteroatoms. The molecule has 0 spiro atoms. The van der Waals surface area contributed by atoms with E-state index in [2.05, 4.69) is 0 Å². The SMILES string of the molecule is [2H]c1c([2H])c([2H])c(-c2cccc3oc4cccc(-c5nc(-c6ccccc6)nc(-c6ccccc6)n5)c4c23)c([2H])c1[2H]. The van der Waals surface area contributed by atoms with Crippen molar-refractivity contribution in [2.45, 2.75) is 0 Å². The molecule has 0 fully saturated rings. The number of hydrogen-bond acceptors (Lipinski definition) is 4. The van der Waals surface area contributed by atoms with Crippen LogP contribution in [0, 0.1) is 0 Å². The Morgan fingerprint density at radius 1 is 0.459 bits per heavy atom. The zero-order chi connectivity index (χ0) is 29.0. The van der Waals surface area contributed by atoms with Crippen LogP contribution in [0.15, 0.2) is 132 Å². The van der Waals surface area contributed by atoms with Crippen LogP contribution in [0.3, 0.4) is 0 Å². The summed E-state index contributed by atoms with van der Waals surface area (Å²) in [5.41, 5.74) is 3.99. The highest BCUT2D eigenvalue weighted by Gasteiger charge is 2.19. The van der Waals surface area contributed by atoms with E-state index in [0.29, 0.717) is 50.5 Å². The average Bonchev–Trinajstić information content (AvgIpc) is 3.43. The molecule has 0 aliphatic rings. The predicted octanol–water partition coefficient (Wildman–Crippen LogP) is 8.44. The zero-order valence-corrected chi connectivity index (χ0v) is 19.5. The topological polar surface area (TPSA) is 51.8 Å². The lowest BCUT2D eigenvalue weighted by Crippen LogP contribution is -2.00. The van der Waals surface area contributed by atoms with Gasteiger partial charge in [0, 0.05) is 27.5 Å². The van der Waals surface area contributed by atoms with E-state index in [0.717, 1.165) is 11.1 Å². The fourth-order valence-electron chi connectivity index (χ4n) is 4.57. The minimum atomic E-state index is -0.439. The van der Waals surface area contributed by atoms with E-state index >= 15 is 0 Å². The summed E-state index contributed by atoms with van der Waals surface area (Å²) in [4.78, 5) is 14.6. The Balaban J connectivity index is 1.56. The number of fused-ring (bicyclic) bond motifs is 3. The standard InChI is InChI=1S/C33H21N3O/c1-4-12-22(13-5-1)25-18-10-20-27-29(25)30-26(19-11-21-28(30)37-27)33-35-31(23-14-6-2-7-15-23)34-32(36-33)24-16-8-3-9-17-24/h1-21H/i1D,4D,5D,12D,13D. The fourth-order valence-corrected chi connectivity index (χ4v) is 4.57. The van der Waals surface area contributed by atoms with E-state index in [1.165, 1.54) is 0 Å². The highest BCUT2D eigenvalue weighted by Crippen LogP contribution is 2.41.